The topological polar surface area (TPSA) is 32.0 Å². The molecule has 1 aromatic heterocycles. The van der Waals surface area contributed by atoms with Crippen molar-refractivity contribution >= 4 is 29.1 Å². The highest BCUT2D eigenvalue weighted by Gasteiger charge is 2.21. The zero-order valence-corrected chi connectivity index (χ0v) is 11.5. The molecule has 4 nitrogen and oxygen atoms in total. The van der Waals surface area contributed by atoms with Crippen LogP contribution >= 0.6 is 11.6 Å². The molecule has 5 heteroatoms. The van der Waals surface area contributed by atoms with Gasteiger partial charge in [-0.15, -0.1) is 0 Å². The van der Waals surface area contributed by atoms with Crippen LogP contribution in [0.1, 0.15) is 5.82 Å². The van der Waals surface area contributed by atoms with E-state index in [0.717, 1.165) is 23.0 Å². The number of hydrogen-bond acceptors (Lipinski definition) is 3. The molecule has 1 aliphatic heterocycles. The first-order valence-corrected chi connectivity index (χ1v) is 6.36. The Morgan fingerprint density at radius 1 is 1.32 bits per heavy atom. The lowest BCUT2D eigenvalue weighted by Crippen LogP contribution is -2.33. The highest BCUT2D eigenvalue weighted by Crippen LogP contribution is 2.34. The Morgan fingerprint density at radius 3 is 2.89 bits per heavy atom. The Labute approximate surface area is 117 Å². The van der Waals surface area contributed by atoms with Crippen LogP contribution in [0.5, 0.6) is 0 Å². The molecule has 0 unspecified atom stereocenters. The van der Waals surface area contributed by atoms with Gasteiger partial charge in [0.1, 0.15) is 5.82 Å². The maximum atomic E-state index is 5.94. The van der Waals surface area contributed by atoms with Crippen LogP contribution in [-0.4, -0.2) is 12.0 Å². The molecule has 1 N–H and O–H groups in total. The summed E-state index contributed by atoms with van der Waals surface area (Å²) < 4.78 is 1.93. The van der Waals surface area contributed by atoms with Crippen molar-refractivity contribution in [3.05, 3.63) is 53.3 Å². The van der Waals surface area contributed by atoms with Crippen LogP contribution in [0.25, 0.3) is 6.08 Å². The molecule has 2 heterocycles. The molecule has 0 aliphatic carbocycles. The molecule has 0 atom stereocenters. The Morgan fingerprint density at radius 2 is 2.11 bits per heavy atom. The van der Waals surface area contributed by atoms with Gasteiger partial charge in [0.05, 0.1) is 30.7 Å². The summed E-state index contributed by atoms with van der Waals surface area (Å²) in [6.45, 7) is 0. The molecule has 0 saturated carbocycles. The van der Waals surface area contributed by atoms with Crippen molar-refractivity contribution in [1.29, 1.82) is 0 Å². The Bertz CT molecular complexity index is 666. The first-order chi connectivity index (χ1) is 9.15. The molecule has 0 amide bonds. The summed E-state index contributed by atoms with van der Waals surface area (Å²) in [6, 6.07) is 9.94. The monoisotopic (exact) mass is 273 g/mol. The lowest BCUT2D eigenvalue weighted by molar-refractivity contribution is -0.676. The van der Waals surface area contributed by atoms with E-state index >= 15 is 0 Å². The first kappa shape index (κ1) is 12.0. The van der Waals surface area contributed by atoms with E-state index in [0.29, 0.717) is 5.15 Å². The summed E-state index contributed by atoms with van der Waals surface area (Å²) in [6.07, 6.45) is 3.87. The van der Waals surface area contributed by atoms with Crippen molar-refractivity contribution in [1.82, 2.24) is 4.98 Å². The average Bonchev–Trinajstić information content (AvgIpc) is 2.72. The SMILES string of the molecule is CN1C(=Cc2nc(Cl)cc[n+]2C)Nc2ccccc21. The third-order valence-electron chi connectivity index (χ3n) is 3.17. The number of para-hydroxylation sites is 2. The van der Waals surface area contributed by atoms with Gasteiger partial charge in [-0.05, 0) is 28.7 Å². The number of nitrogens with one attached hydrogen (secondary N) is 1. The van der Waals surface area contributed by atoms with Crippen molar-refractivity contribution in [2.24, 2.45) is 7.05 Å². The minimum Gasteiger partial charge on any atom is -0.340 e. The molecule has 0 spiro atoms. The van der Waals surface area contributed by atoms with E-state index in [4.69, 9.17) is 11.6 Å². The summed E-state index contributed by atoms with van der Waals surface area (Å²) >= 11 is 5.94. The van der Waals surface area contributed by atoms with Crippen LogP contribution < -0.4 is 14.8 Å². The largest absolute Gasteiger partial charge is 0.340 e. The molecule has 96 valence electrons. The average molecular weight is 274 g/mol. The van der Waals surface area contributed by atoms with Gasteiger partial charge in [-0.3, -0.25) is 0 Å². The van der Waals surface area contributed by atoms with Crippen LogP contribution in [0.2, 0.25) is 5.15 Å². The van der Waals surface area contributed by atoms with Gasteiger partial charge in [0, 0.05) is 13.1 Å². The number of aryl methyl sites for hydroxylation is 1. The maximum Gasteiger partial charge on any atom is 0.328 e. The molecule has 0 radical (unpaired) electrons. The van der Waals surface area contributed by atoms with Crippen molar-refractivity contribution in [2.75, 3.05) is 17.3 Å². The minimum atomic E-state index is 0.489. The third kappa shape index (κ3) is 2.15. The second kappa shape index (κ2) is 4.55. The van der Waals surface area contributed by atoms with Gasteiger partial charge in [-0.25, -0.2) is 4.57 Å². The third-order valence-corrected chi connectivity index (χ3v) is 3.38. The van der Waals surface area contributed by atoms with Gasteiger partial charge in [0.2, 0.25) is 5.15 Å². The van der Waals surface area contributed by atoms with Gasteiger partial charge in [-0.2, -0.15) is 0 Å². The van der Waals surface area contributed by atoms with Gasteiger partial charge in [0.25, 0.3) is 0 Å². The molecule has 1 aromatic carbocycles. The van der Waals surface area contributed by atoms with Crippen molar-refractivity contribution < 1.29 is 4.57 Å². The smallest absolute Gasteiger partial charge is 0.328 e. The Kier molecular flexibility index (Phi) is 2.87. The van der Waals surface area contributed by atoms with Crippen molar-refractivity contribution in [3.8, 4) is 0 Å². The van der Waals surface area contributed by atoms with E-state index in [2.05, 4.69) is 27.3 Å². The van der Waals surface area contributed by atoms with E-state index in [1.54, 1.807) is 6.07 Å². The fourth-order valence-electron chi connectivity index (χ4n) is 2.09. The summed E-state index contributed by atoms with van der Waals surface area (Å²) in [5, 5.41) is 3.86. The minimum absolute atomic E-state index is 0.489. The summed E-state index contributed by atoms with van der Waals surface area (Å²) in [5.41, 5.74) is 2.25. The van der Waals surface area contributed by atoms with Gasteiger partial charge in [0.15, 0.2) is 0 Å². The number of anilines is 2. The van der Waals surface area contributed by atoms with E-state index < -0.39 is 0 Å². The normalized spacial score (nSPS) is 15.5. The predicted molar refractivity (Wildman–Crippen MR) is 76.9 cm³/mol. The molecule has 1 aliphatic rings. The number of halogens is 1. The van der Waals surface area contributed by atoms with E-state index in [9.17, 15) is 0 Å². The van der Waals surface area contributed by atoms with Crippen molar-refractivity contribution in [2.45, 2.75) is 0 Å². The molecule has 0 fully saturated rings. The van der Waals surface area contributed by atoms with Crippen LogP contribution in [0.4, 0.5) is 11.4 Å². The molecular weight excluding hydrogens is 260 g/mol. The van der Waals surface area contributed by atoms with E-state index in [-0.39, 0.29) is 0 Å². The fraction of sp³-hybridized carbons (Fsp3) is 0.143. The Hall–Kier alpha value is -2.07. The summed E-state index contributed by atoms with van der Waals surface area (Å²) in [5.74, 6) is 1.78. The molecule has 3 rings (SSSR count). The molecule has 0 saturated heterocycles. The first-order valence-electron chi connectivity index (χ1n) is 5.99. The highest BCUT2D eigenvalue weighted by atomic mass is 35.5. The van der Waals surface area contributed by atoms with E-state index in [1.165, 1.54) is 0 Å². The number of rotatable bonds is 1. The van der Waals surface area contributed by atoms with Gasteiger partial charge >= 0.3 is 5.82 Å². The highest BCUT2D eigenvalue weighted by molar-refractivity contribution is 6.29. The molecule has 0 bridgehead atoms. The molecular formula is C14H14ClN4+. The zero-order valence-electron chi connectivity index (χ0n) is 10.8. The van der Waals surface area contributed by atoms with Crippen molar-refractivity contribution in [3.63, 3.8) is 0 Å². The molecule has 19 heavy (non-hydrogen) atoms. The number of hydrogen-bond donors (Lipinski definition) is 1. The van der Waals surface area contributed by atoms with E-state index in [1.807, 2.05) is 43.1 Å². The number of aromatic nitrogens is 2. The number of benzene rings is 1. The maximum absolute atomic E-state index is 5.94. The zero-order chi connectivity index (χ0) is 13.4. The summed E-state index contributed by atoms with van der Waals surface area (Å²) in [7, 11) is 3.97. The summed E-state index contributed by atoms with van der Waals surface area (Å²) in [4.78, 5) is 6.41. The van der Waals surface area contributed by atoms with Crippen LogP contribution in [0.15, 0.2) is 42.3 Å². The fourth-order valence-corrected chi connectivity index (χ4v) is 2.23. The second-order valence-corrected chi connectivity index (χ2v) is 4.84. The second-order valence-electron chi connectivity index (χ2n) is 4.45. The van der Waals surface area contributed by atoms with Crippen LogP contribution in [-0.2, 0) is 7.05 Å². The lowest BCUT2D eigenvalue weighted by atomic mass is 10.3. The number of nitrogens with zero attached hydrogens (tertiary/aromatic N) is 3. The standard InChI is InChI=1S/C14H13ClN4/c1-18-8-7-12(15)17-13(18)9-14-16-10-5-3-4-6-11(10)19(14)2/h3-9H,1-2H3/p+1. The number of fused-ring (bicyclic) bond motifs is 1. The lowest BCUT2D eigenvalue weighted by Gasteiger charge is -2.12. The van der Waals surface area contributed by atoms with Crippen LogP contribution in [0.3, 0.4) is 0 Å². The van der Waals surface area contributed by atoms with Crippen LogP contribution in [0, 0.1) is 0 Å². The molecule has 2 aromatic rings. The Balaban J connectivity index is 2.01. The van der Waals surface area contributed by atoms with Gasteiger partial charge < -0.3 is 10.2 Å². The quantitative estimate of drug-likeness (QED) is 0.640. The van der Waals surface area contributed by atoms with Gasteiger partial charge in [-0.1, -0.05) is 12.1 Å². The predicted octanol–water partition coefficient (Wildman–Crippen LogP) is 2.42.